The van der Waals surface area contributed by atoms with Crippen LogP contribution >= 0.6 is 0 Å². The van der Waals surface area contributed by atoms with Gasteiger partial charge in [-0.2, -0.15) is 0 Å². The molecule has 1 aromatic heterocycles. The molecule has 1 atom stereocenters. The highest BCUT2D eigenvalue weighted by Crippen LogP contribution is 2.49. The third-order valence-electron chi connectivity index (χ3n) is 5.55. The first-order valence-corrected chi connectivity index (χ1v) is 10.2. The van der Waals surface area contributed by atoms with Crippen LogP contribution in [-0.4, -0.2) is 30.6 Å². The van der Waals surface area contributed by atoms with Crippen LogP contribution < -0.4 is 20.5 Å². The SMILES string of the molecule is COc1cc(C2(NC(=O)c3cc(OC[C@H](C)N)ccc3C)CC2)c2ccncc2c1. The van der Waals surface area contributed by atoms with Gasteiger partial charge in [-0.1, -0.05) is 6.07 Å². The van der Waals surface area contributed by atoms with Gasteiger partial charge in [0.15, 0.2) is 0 Å². The smallest absolute Gasteiger partial charge is 0.252 e. The second-order valence-corrected chi connectivity index (χ2v) is 8.07. The molecule has 0 spiro atoms. The van der Waals surface area contributed by atoms with Crippen LogP contribution in [0.4, 0.5) is 0 Å². The molecule has 6 heteroatoms. The maximum absolute atomic E-state index is 13.2. The Morgan fingerprint density at radius 2 is 2.03 bits per heavy atom. The molecule has 2 aromatic carbocycles. The van der Waals surface area contributed by atoms with E-state index in [1.54, 1.807) is 19.4 Å². The third-order valence-corrected chi connectivity index (χ3v) is 5.55. The number of ether oxygens (including phenoxy) is 2. The zero-order chi connectivity index (χ0) is 21.3. The summed E-state index contributed by atoms with van der Waals surface area (Å²) in [5.74, 6) is 1.29. The number of hydrogen-bond acceptors (Lipinski definition) is 5. The molecule has 1 aliphatic rings. The van der Waals surface area contributed by atoms with E-state index in [0.29, 0.717) is 17.9 Å². The predicted octanol–water partition coefficient (Wildman–Crippen LogP) is 3.70. The Morgan fingerprint density at radius 1 is 1.23 bits per heavy atom. The minimum atomic E-state index is -0.402. The van der Waals surface area contributed by atoms with Crippen LogP contribution in [0.3, 0.4) is 0 Å². The summed E-state index contributed by atoms with van der Waals surface area (Å²) in [6, 6.07) is 11.5. The monoisotopic (exact) mass is 405 g/mol. The molecule has 0 saturated heterocycles. The third kappa shape index (κ3) is 3.96. The fourth-order valence-electron chi connectivity index (χ4n) is 3.73. The number of amides is 1. The lowest BCUT2D eigenvalue weighted by Gasteiger charge is -2.22. The van der Waals surface area contributed by atoms with Crippen molar-refractivity contribution in [3.63, 3.8) is 0 Å². The standard InChI is InChI=1S/C24H27N3O3/c1-15-4-5-18(30-14-16(2)25)11-21(15)23(28)27-24(7-8-24)22-12-19(29-3)10-17-13-26-9-6-20(17)22/h4-6,9-13,16H,7-8,14,25H2,1-3H3,(H,27,28)/t16-/m0/s1. The number of hydrogen-bond donors (Lipinski definition) is 2. The van der Waals surface area contributed by atoms with Crippen LogP contribution in [0.15, 0.2) is 48.8 Å². The van der Waals surface area contributed by atoms with E-state index in [1.807, 2.05) is 50.4 Å². The highest BCUT2D eigenvalue weighted by atomic mass is 16.5. The molecule has 3 aromatic rings. The van der Waals surface area contributed by atoms with E-state index in [-0.39, 0.29) is 11.9 Å². The van der Waals surface area contributed by atoms with Crippen LogP contribution in [0.1, 0.15) is 41.3 Å². The maximum atomic E-state index is 13.2. The number of fused-ring (bicyclic) bond motifs is 1. The lowest BCUT2D eigenvalue weighted by Crippen LogP contribution is -2.35. The Labute approximate surface area is 176 Å². The first-order valence-electron chi connectivity index (χ1n) is 10.2. The van der Waals surface area contributed by atoms with Crippen molar-refractivity contribution in [1.29, 1.82) is 0 Å². The molecule has 0 unspecified atom stereocenters. The second kappa shape index (κ2) is 7.95. The molecule has 156 valence electrons. The molecule has 1 heterocycles. The average Bonchev–Trinajstić information content (AvgIpc) is 3.52. The normalized spacial score (nSPS) is 15.5. The molecule has 1 saturated carbocycles. The Bertz CT molecular complexity index is 1090. The summed E-state index contributed by atoms with van der Waals surface area (Å²) in [5.41, 5.74) is 7.94. The maximum Gasteiger partial charge on any atom is 0.252 e. The van der Waals surface area contributed by atoms with Gasteiger partial charge in [-0.15, -0.1) is 0 Å². The van der Waals surface area contributed by atoms with Crippen molar-refractivity contribution in [1.82, 2.24) is 10.3 Å². The topological polar surface area (TPSA) is 86.5 Å². The highest BCUT2D eigenvalue weighted by molar-refractivity contribution is 5.97. The summed E-state index contributed by atoms with van der Waals surface area (Å²) in [6.07, 6.45) is 5.36. The van der Waals surface area contributed by atoms with Gasteiger partial charge in [0, 0.05) is 29.4 Å². The van der Waals surface area contributed by atoms with E-state index >= 15 is 0 Å². The van der Waals surface area contributed by atoms with Gasteiger partial charge in [0.05, 0.1) is 12.6 Å². The fourth-order valence-corrected chi connectivity index (χ4v) is 3.73. The molecule has 0 aliphatic heterocycles. The number of nitrogens with two attached hydrogens (primary N) is 1. The first kappa shape index (κ1) is 20.2. The van der Waals surface area contributed by atoms with Gasteiger partial charge < -0.3 is 20.5 Å². The largest absolute Gasteiger partial charge is 0.497 e. The first-order chi connectivity index (χ1) is 14.4. The van der Waals surface area contributed by atoms with Crippen LogP contribution in [0.5, 0.6) is 11.5 Å². The number of aryl methyl sites for hydroxylation is 1. The van der Waals surface area contributed by atoms with Gasteiger partial charge in [0.1, 0.15) is 18.1 Å². The van der Waals surface area contributed by atoms with E-state index in [0.717, 1.165) is 40.5 Å². The Kier molecular flexibility index (Phi) is 5.35. The summed E-state index contributed by atoms with van der Waals surface area (Å²) in [5, 5.41) is 5.35. The molecule has 1 aliphatic carbocycles. The molecular formula is C24H27N3O3. The average molecular weight is 405 g/mol. The van der Waals surface area contributed by atoms with Crippen molar-refractivity contribution in [3.05, 3.63) is 65.5 Å². The van der Waals surface area contributed by atoms with E-state index in [4.69, 9.17) is 15.2 Å². The van der Waals surface area contributed by atoms with Gasteiger partial charge in [-0.25, -0.2) is 0 Å². The van der Waals surface area contributed by atoms with Crippen LogP contribution in [0.2, 0.25) is 0 Å². The minimum Gasteiger partial charge on any atom is -0.497 e. The van der Waals surface area contributed by atoms with Gasteiger partial charge in [-0.05, 0) is 73.5 Å². The zero-order valence-corrected chi connectivity index (χ0v) is 17.6. The van der Waals surface area contributed by atoms with Crippen molar-refractivity contribution in [2.45, 2.75) is 38.3 Å². The number of carbonyl (C=O) groups excluding carboxylic acids is 1. The van der Waals surface area contributed by atoms with Crippen molar-refractivity contribution >= 4 is 16.7 Å². The van der Waals surface area contributed by atoms with Crippen molar-refractivity contribution in [2.24, 2.45) is 5.73 Å². The lowest BCUT2D eigenvalue weighted by molar-refractivity contribution is 0.0930. The Hall–Kier alpha value is -3.12. The van der Waals surface area contributed by atoms with Gasteiger partial charge in [0.25, 0.3) is 5.91 Å². The number of nitrogens with one attached hydrogen (secondary N) is 1. The lowest BCUT2D eigenvalue weighted by atomic mass is 9.96. The molecule has 1 fully saturated rings. The van der Waals surface area contributed by atoms with Crippen molar-refractivity contribution in [2.75, 3.05) is 13.7 Å². The predicted molar refractivity (Wildman–Crippen MR) is 117 cm³/mol. The number of pyridine rings is 1. The number of benzene rings is 2. The van der Waals surface area contributed by atoms with E-state index in [2.05, 4.69) is 10.3 Å². The van der Waals surface area contributed by atoms with Gasteiger partial charge in [-0.3, -0.25) is 9.78 Å². The number of rotatable bonds is 7. The van der Waals surface area contributed by atoms with Gasteiger partial charge >= 0.3 is 0 Å². The quantitative estimate of drug-likeness (QED) is 0.626. The van der Waals surface area contributed by atoms with Crippen molar-refractivity contribution < 1.29 is 14.3 Å². The molecule has 30 heavy (non-hydrogen) atoms. The summed E-state index contributed by atoms with van der Waals surface area (Å²) in [4.78, 5) is 17.5. The molecule has 3 N–H and O–H groups in total. The summed E-state index contributed by atoms with van der Waals surface area (Å²) >= 11 is 0. The number of nitrogens with zero attached hydrogens (tertiary/aromatic N) is 1. The van der Waals surface area contributed by atoms with Crippen molar-refractivity contribution in [3.8, 4) is 11.5 Å². The number of carbonyl (C=O) groups is 1. The Morgan fingerprint density at radius 3 is 2.73 bits per heavy atom. The zero-order valence-electron chi connectivity index (χ0n) is 17.6. The molecule has 0 bridgehead atoms. The second-order valence-electron chi connectivity index (χ2n) is 8.07. The minimum absolute atomic E-state index is 0.0749. The number of aromatic nitrogens is 1. The van der Waals surface area contributed by atoms with E-state index in [1.165, 1.54) is 0 Å². The summed E-state index contributed by atoms with van der Waals surface area (Å²) in [6.45, 7) is 4.21. The molecular weight excluding hydrogens is 378 g/mol. The highest BCUT2D eigenvalue weighted by Gasteiger charge is 2.47. The summed E-state index contributed by atoms with van der Waals surface area (Å²) < 4.78 is 11.2. The van der Waals surface area contributed by atoms with E-state index in [9.17, 15) is 4.79 Å². The van der Waals surface area contributed by atoms with Crippen LogP contribution in [-0.2, 0) is 5.54 Å². The van der Waals surface area contributed by atoms with Crippen LogP contribution in [0, 0.1) is 6.92 Å². The van der Waals surface area contributed by atoms with Crippen LogP contribution in [0.25, 0.3) is 10.8 Å². The molecule has 4 rings (SSSR count). The van der Waals surface area contributed by atoms with Gasteiger partial charge in [0.2, 0.25) is 0 Å². The molecule has 6 nitrogen and oxygen atoms in total. The summed E-state index contributed by atoms with van der Waals surface area (Å²) in [7, 11) is 1.65. The molecule has 0 radical (unpaired) electrons. The fraction of sp³-hybridized carbons (Fsp3) is 0.333. The molecule has 1 amide bonds. The number of methoxy groups -OCH3 is 1. The van der Waals surface area contributed by atoms with E-state index < -0.39 is 5.54 Å². The Balaban J connectivity index is 1.65.